The van der Waals surface area contributed by atoms with E-state index in [0.717, 1.165) is 17.7 Å². The Morgan fingerprint density at radius 1 is 1.15 bits per heavy atom. The van der Waals surface area contributed by atoms with Crippen LogP contribution in [0.5, 0.6) is 5.75 Å². The van der Waals surface area contributed by atoms with E-state index in [1.807, 2.05) is 22.4 Å². The summed E-state index contributed by atoms with van der Waals surface area (Å²) < 4.78 is 11.5. The van der Waals surface area contributed by atoms with Gasteiger partial charge in [-0.2, -0.15) is 0 Å². The van der Waals surface area contributed by atoms with Crippen LogP contribution in [0.2, 0.25) is 0 Å². The number of ether oxygens (including phenoxy) is 2. The van der Waals surface area contributed by atoms with Gasteiger partial charge in [0, 0.05) is 42.4 Å². The topological polar surface area (TPSA) is 88.2 Å². The van der Waals surface area contributed by atoms with Crippen molar-refractivity contribution in [2.75, 3.05) is 26.8 Å². The van der Waals surface area contributed by atoms with Crippen LogP contribution >= 0.6 is 11.3 Å². The number of rotatable bonds is 6. The summed E-state index contributed by atoms with van der Waals surface area (Å²) >= 11 is 1.57. The average Bonchev–Trinajstić information content (AvgIpc) is 3.38. The summed E-state index contributed by atoms with van der Waals surface area (Å²) in [5.74, 6) is 0.322. The van der Waals surface area contributed by atoms with Crippen LogP contribution in [0.1, 0.15) is 40.9 Å². The van der Waals surface area contributed by atoms with Gasteiger partial charge < -0.3 is 19.7 Å². The number of benzene rings is 1. The first-order valence-electron chi connectivity index (χ1n) is 11.7. The maximum Gasteiger partial charge on any atom is 0.256 e. The first-order valence-corrected chi connectivity index (χ1v) is 12.6. The summed E-state index contributed by atoms with van der Waals surface area (Å²) in [6.45, 7) is 1.12. The SMILES string of the molecule is COc1ccc(C(=O)N2C(C(=O)NC3CC3)COC23CCN(C(=O)Cc2cccs2)CC3)cc1. The molecule has 5 rings (SSSR count). The average molecular weight is 484 g/mol. The summed E-state index contributed by atoms with van der Waals surface area (Å²) in [5, 5.41) is 5.00. The number of hydrogen-bond acceptors (Lipinski definition) is 6. The standard InChI is InChI=1S/C25H29N3O5S/c1-32-19-8-4-17(5-9-19)24(31)28-21(23(30)26-18-6-7-18)16-33-25(28)10-12-27(13-11-25)22(29)15-20-3-2-14-34-20/h2-5,8-9,14,18,21H,6-7,10-13,15-16H2,1H3,(H,26,30). The van der Waals surface area contributed by atoms with Crippen LogP contribution in [-0.4, -0.2) is 72.1 Å². The fraction of sp³-hybridized carbons (Fsp3) is 0.480. The molecule has 1 atom stereocenters. The molecule has 2 saturated heterocycles. The van der Waals surface area contributed by atoms with E-state index in [1.165, 1.54) is 0 Å². The molecule has 1 unspecified atom stereocenters. The largest absolute Gasteiger partial charge is 0.497 e. The molecule has 3 amide bonds. The van der Waals surface area contributed by atoms with Crippen LogP contribution in [0.3, 0.4) is 0 Å². The molecule has 3 aliphatic rings. The van der Waals surface area contributed by atoms with Crippen molar-refractivity contribution in [2.24, 2.45) is 0 Å². The monoisotopic (exact) mass is 483 g/mol. The second-order valence-corrected chi connectivity index (χ2v) is 10.1. The smallest absolute Gasteiger partial charge is 0.256 e. The maximum absolute atomic E-state index is 13.7. The minimum atomic E-state index is -0.901. The van der Waals surface area contributed by atoms with Crippen molar-refractivity contribution >= 4 is 29.1 Å². The third-order valence-corrected chi connectivity index (χ3v) is 7.72. The van der Waals surface area contributed by atoms with E-state index in [1.54, 1.807) is 47.6 Å². The molecule has 3 heterocycles. The molecule has 1 aromatic carbocycles. The Hall–Kier alpha value is -2.91. The van der Waals surface area contributed by atoms with Crippen LogP contribution in [-0.2, 0) is 20.7 Å². The molecule has 34 heavy (non-hydrogen) atoms. The highest BCUT2D eigenvalue weighted by molar-refractivity contribution is 7.10. The Balaban J connectivity index is 1.34. The minimum Gasteiger partial charge on any atom is -0.497 e. The maximum atomic E-state index is 13.7. The van der Waals surface area contributed by atoms with Gasteiger partial charge in [0.25, 0.3) is 5.91 Å². The number of carbonyl (C=O) groups is 3. The molecule has 1 aliphatic carbocycles. The van der Waals surface area contributed by atoms with E-state index in [4.69, 9.17) is 9.47 Å². The lowest BCUT2D eigenvalue weighted by molar-refractivity contribution is -0.143. The summed E-state index contributed by atoms with van der Waals surface area (Å²) in [4.78, 5) is 44.1. The molecule has 1 N–H and O–H groups in total. The zero-order valence-electron chi connectivity index (χ0n) is 19.2. The number of carbonyl (C=O) groups excluding carboxylic acids is 3. The van der Waals surface area contributed by atoms with Crippen molar-refractivity contribution in [2.45, 2.75) is 49.9 Å². The zero-order valence-corrected chi connectivity index (χ0v) is 20.0. The van der Waals surface area contributed by atoms with E-state index in [-0.39, 0.29) is 30.4 Å². The molecule has 2 aromatic rings. The van der Waals surface area contributed by atoms with Gasteiger partial charge in [-0.25, -0.2) is 0 Å². The molecule has 9 heteroatoms. The molecule has 0 bridgehead atoms. The van der Waals surface area contributed by atoms with Crippen molar-refractivity contribution in [1.29, 1.82) is 0 Å². The lowest BCUT2D eigenvalue weighted by Gasteiger charge is -2.44. The number of nitrogens with one attached hydrogen (secondary N) is 1. The van der Waals surface area contributed by atoms with Crippen LogP contribution in [0, 0.1) is 0 Å². The Labute approximate surface area is 202 Å². The Morgan fingerprint density at radius 3 is 2.50 bits per heavy atom. The highest BCUT2D eigenvalue weighted by atomic mass is 32.1. The van der Waals surface area contributed by atoms with E-state index >= 15 is 0 Å². The summed E-state index contributed by atoms with van der Waals surface area (Å²) in [6.07, 6.45) is 3.26. The number of thiophene rings is 1. The van der Waals surface area contributed by atoms with Gasteiger partial charge in [-0.1, -0.05) is 6.07 Å². The molecule has 3 fully saturated rings. The van der Waals surface area contributed by atoms with E-state index in [2.05, 4.69) is 5.32 Å². The molecule has 180 valence electrons. The van der Waals surface area contributed by atoms with Crippen LogP contribution in [0.25, 0.3) is 0 Å². The summed E-state index contributed by atoms with van der Waals surface area (Å²) in [5.41, 5.74) is -0.423. The van der Waals surface area contributed by atoms with Gasteiger partial charge in [0.15, 0.2) is 0 Å². The van der Waals surface area contributed by atoms with E-state index < -0.39 is 11.8 Å². The number of hydrogen-bond donors (Lipinski definition) is 1. The Morgan fingerprint density at radius 2 is 1.88 bits per heavy atom. The first kappa shape index (κ1) is 22.9. The Bertz CT molecular complexity index is 1040. The van der Waals surface area contributed by atoms with Crippen LogP contribution < -0.4 is 10.1 Å². The lowest BCUT2D eigenvalue weighted by Crippen LogP contribution is -2.60. The van der Waals surface area contributed by atoms with Crippen molar-refractivity contribution in [3.63, 3.8) is 0 Å². The third-order valence-electron chi connectivity index (χ3n) is 6.85. The number of methoxy groups -OCH3 is 1. The van der Waals surface area contributed by atoms with E-state index in [9.17, 15) is 14.4 Å². The molecule has 1 saturated carbocycles. The molecule has 0 radical (unpaired) electrons. The van der Waals surface area contributed by atoms with Crippen molar-refractivity contribution in [3.8, 4) is 5.75 Å². The van der Waals surface area contributed by atoms with Crippen molar-refractivity contribution in [3.05, 3.63) is 52.2 Å². The van der Waals surface area contributed by atoms with Gasteiger partial charge in [-0.05, 0) is 48.6 Å². The van der Waals surface area contributed by atoms with Gasteiger partial charge >= 0.3 is 0 Å². The molecule has 8 nitrogen and oxygen atoms in total. The number of likely N-dealkylation sites (tertiary alicyclic amines) is 1. The van der Waals surface area contributed by atoms with Gasteiger partial charge in [-0.3, -0.25) is 19.3 Å². The van der Waals surface area contributed by atoms with Crippen molar-refractivity contribution in [1.82, 2.24) is 15.1 Å². The second-order valence-electron chi connectivity index (χ2n) is 9.10. The van der Waals surface area contributed by atoms with Gasteiger partial charge in [0.05, 0.1) is 20.1 Å². The molecular formula is C25H29N3O5S. The van der Waals surface area contributed by atoms with Gasteiger partial charge in [0.2, 0.25) is 11.8 Å². The second kappa shape index (κ2) is 9.38. The Kier molecular flexibility index (Phi) is 6.31. The summed E-state index contributed by atoms with van der Waals surface area (Å²) in [7, 11) is 1.58. The third kappa shape index (κ3) is 4.54. The van der Waals surface area contributed by atoms with Crippen LogP contribution in [0.4, 0.5) is 0 Å². The molecular weight excluding hydrogens is 454 g/mol. The van der Waals surface area contributed by atoms with E-state index in [0.29, 0.717) is 43.7 Å². The van der Waals surface area contributed by atoms with Gasteiger partial charge in [0.1, 0.15) is 17.5 Å². The van der Waals surface area contributed by atoms with Crippen LogP contribution in [0.15, 0.2) is 41.8 Å². The van der Waals surface area contributed by atoms with Gasteiger partial charge in [-0.15, -0.1) is 11.3 Å². The quantitative estimate of drug-likeness (QED) is 0.682. The zero-order chi connectivity index (χ0) is 23.7. The molecule has 1 spiro atoms. The molecule has 2 aliphatic heterocycles. The summed E-state index contributed by atoms with van der Waals surface area (Å²) in [6, 6.07) is 10.3. The van der Waals surface area contributed by atoms with Crippen molar-refractivity contribution < 1.29 is 23.9 Å². The highest BCUT2D eigenvalue weighted by Crippen LogP contribution is 2.39. The highest BCUT2D eigenvalue weighted by Gasteiger charge is 2.54. The fourth-order valence-corrected chi connectivity index (χ4v) is 5.44. The fourth-order valence-electron chi connectivity index (χ4n) is 4.74. The lowest BCUT2D eigenvalue weighted by atomic mass is 9.96. The molecule has 1 aromatic heterocycles. The number of nitrogens with zero attached hydrogens (tertiary/aromatic N) is 2. The number of piperidine rings is 1. The predicted molar refractivity (Wildman–Crippen MR) is 127 cm³/mol. The predicted octanol–water partition coefficient (Wildman–Crippen LogP) is 2.44. The minimum absolute atomic E-state index is 0.0753. The normalized spacial score (nSPS) is 21.5. The first-order chi connectivity index (χ1) is 16.5. The number of amides is 3.